The van der Waals surface area contributed by atoms with Crippen molar-refractivity contribution in [3.05, 3.63) is 80.6 Å². The predicted molar refractivity (Wildman–Crippen MR) is 126 cm³/mol. The number of aryl methyl sites for hydroxylation is 1. The van der Waals surface area contributed by atoms with Gasteiger partial charge in [0.25, 0.3) is 5.56 Å². The molecule has 0 fully saturated rings. The number of carbonyl (C=O) groups is 2. The molecule has 2 heterocycles. The van der Waals surface area contributed by atoms with E-state index in [2.05, 4.69) is 20.6 Å². The molecule has 3 N–H and O–H groups in total. The highest BCUT2D eigenvalue weighted by Crippen LogP contribution is 2.32. The topological polar surface area (TPSA) is 104 Å². The zero-order chi connectivity index (χ0) is 22.7. The largest absolute Gasteiger partial charge is 0.325 e. The number of anilines is 2. The predicted octanol–water partition coefficient (Wildman–Crippen LogP) is 4.34. The number of thioether (sulfide) groups is 1. The van der Waals surface area contributed by atoms with Gasteiger partial charge >= 0.3 is 0 Å². The lowest BCUT2D eigenvalue weighted by Crippen LogP contribution is -2.36. The van der Waals surface area contributed by atoms with Crippen molar-refractivity contribution < 1.29 is 9.59 Å². The molecule has 7 nitrogen and oxygen atoms in total. The van der Waals surface area contributed by atoms with Gasteiger partial charge in [0.1, 0.15) is 5.82 Å². The molecule has 2 aromatic carbocycles. The van der Waals surface area contributed by atoms with Gasteiger partial charge in [-0.3, -0.25) is 14.4 Å². The molecule has 164 valence electrons. The maximum atomic E-state index is 13.0. The molecule has 0 unspecified atom stereocenters. The van der Waals surface area contributed by atoms with Gasteiger partial charge < -0.3 is 15.6 Å². The molecule has 0 radical (unpaired) electrons. The highest BCUT2D eigenvalue weighted by molar-refractivity contribution is 7.98. The van der Waals surface area contributed by atoms with Crippen LogP contribution >= 0.6 is 23.4 Å². The number of H-pyrrole nitrogens is 1. The van der Waals surface area contributed by atoms with Gasteiger partial charge in [0.05, 0.1) is 11.5 Å². The molecule has 1 aliphatic heterocycles. The van der Waals surface area contributed by atoms with Crippen molar-refractivity contribution in [1.82, 2.24) is 9.97 Å². The Balaban J connectivity index is 1.59. The van der Waals surface area contributed by atoms with Crippen LogP contribution in [0.5, 0.6) is 0 Å². The summed E-state index contributed by atoms with van der Waals surface area (Å²) in [4.78, 5) is 45.4. The lowest BCUT2D eigenvalue weighted by Gasteiger charge is -2.24. The Morgan fingerprint density at radius 1 is 1.16 bits per heavy atom. The Labute approximate surface area is 194 Å². The average molecular weight is 469 g/mol. The molecule has 0 saturated heterocycles. The second kappa shape index (κ2) is 9.58. The molecule has 0 aliphatic carbocycles. The Bertz CT molecular complexity index is 1240. The summed E-state index contributed by atoms with van der Waals surface area (Å²) >= 11 is 7.48. The average Bonchev–Trinajstić information content (AvgIpc) is 2.78. The molecule has 32 heavy (non-hydrogen) atoms. The fourth-order valence-electron chi connectivity index (χ4n) is 3.57. The van der Waals surface area contributed by atoms with Crippen LogP contribution in [0.3, 0.4) is 0 Å². The van der Waals surface area contributed by atoms with Crippen LogP contribution in [-0.2, 0) is 21.8 Å². The number of fused-ring (bicyclic) bond motifs is 1. The van der Waals surface area contributed by atoms with Crippen molar-refractivity contribution in [3.63, 3.8) is 0 Å². The van der Waals surface area contributed by atoms with Crippen LogP contribution < -0.4 is 16.2 Å². The van der Waals surface area contributed by atoms with Crippen LogP contribution in [0.2, 0.25) is 5.02 Å². The van der Waals surface area contributed by atoms with Gasteiger partial charge in [-0.2, -0.15) is 0 Å². The van der Waals surface area contributed by atoms with Gasteiger partial charge in [0, 0.05) is 22.9 Å². The second-order valence-electron chi connectivity index (χ2n) is 7.32. The van der Waals surface area contributed by atoms with Crippen LogP contribution in [0.1, 0.15) is 36.0 Å². The first-order valence-electron chi connectivity index (χ1n) is 10.1. The van der Waals surface area contributed by atoms with Gasteiger partial charge in [-0.25, -0.2) is 4.98 Å². The number of para-hydroxylation sites is 1. The number of halogens is 1. The zero-order valence-electron chi connectivity index (χ0n) is 17.3. The van der Waals surface area contributed by atoms with E-state index in [1.165, 1.54) is 11.8 Å². The standard InChI is InChI=1S/C23H21ClN4O3S/c1-2-13-7-4-6-10-17(13)25-21(30)15-11-18(29)26-20-19(15)22(31)28-23(27-20)32-12-14-8-3-5-9-16(14)24/h3-10,15H,2,11-12H2,1H3,(H,25,30)(H2,26,27,28,29,31)/t15-/m1/s1. The quantitative estimate of drug-likeness (QED) is 0.368. The molecule has 0 bridgehead atoms. The van der Waals surface area contributed by atoms with Crippen molar-refractivity contribution in [2.75, 3.05) is 10.6 Å². The van der Waals surface area contributed by atoms with Crippen LogP contribution in [-0.4, -0.2) is 21.8 Å². The third kappa shape index (κ3) is 4.71. The summed E-state index contributed by atoms with van der Waals surface area (Å²) in [6, 6.07) is 14.9. The minimum Gasteiger partial charge on any atom is -0.325 e. The Kier molecular flexibility index (Phi) is 6.62. The van der Waals surface area contributed by atoms with Crippen LogP contribution in [0.15, 0.2) is 58.5 Å². The maximum absolute atomic E-state index is 13.0. The van der Waals surface area contributed by atoms with E-state index in [-0.39, 0.29) is 23.7 Å². The summed E-state index contributed by atoms with van der Waals surface area (Å²) in [6.07, 6.45) is 0.621. The number of rotatable bonds is 6. The first-order chi connectivity index (χ1) is 15.5. The molecule has 3 aromatic rings. The second-order valence-corrected chi connectivity index (χ2v) is 8.69. The molecular weight excluding hydrogens is 448 g/mol. The van der Waals surface area contributed by atoms with Gasteiger partial charge in [-0.1, -0.05) is 66.7 Å². The normalized spacial score (nSPS) is 15.1. The maximum Gasteiger partial charge on any atom is 0.257 e. The number of hydrogen-bond acceptors (Lipinski definition) is 5. The summed E-state index contributed by atoms with van der Waals surface area (Å²) in [5.41, 5.74) is 2.26. The fraction of sp³-hybridized carbons (Fsp3) is 0.217. The van der Waals surface area contributed by atoms with Crippen molar-refractivity contribution >= 4 is 46.7 Å². The van der Waals surface area contributed by atoms with E-state index in [1.54, 1.807) is 12.1 Å². The smallest absolute Gasteiger partial charge is 0.257 e. The monoisotopic (exact) mass is 468 g/mol. The van der Waals surface area contributed by atoms with Gasteiger partial charge in [-0.15, -0.1) is 0 Å². The first kappa shape index (κ1) is 22.1. The van der Waals surface area contributed by atoms with E-state index in [0.29, 0.717) is 21.6 Å². The molecule has 1 aromatic heterocycles. The van der Waals surface area contributed by atoms with Crippen LogP contribution in [0.25, 0.3) is 0 Å². The summed E-state index contributed by atoms with van der Waals surface area (Å²) in [5, 5.41) is 6.46. The number of benzene rings is 2. The highest BCUT2D eigenvalue weighted by atomic mass is 35.5. The van der Waals surface area contributed by atoms with Crippen molar-refractivity contribution in [3.8, 4) is 0 Å². The summed E-state index contributed by atoms with van der Waals surface area (Å²) in [7, 11) is 0. The van der Waals surface area contributed by atoms with Crippen LogP contribution in [0.4, 0.5) is 11.5 Å². The van der Waals surface area contributed by atoms with Crippen LogP contribution in [0, 0.1) is 0 Å². The minimum absolute atomic E-state index is 0.121. The number of hydrogen-bond donors (Lipinski definition) is 3. The molecule has 4 rings (SSSR count). The number of aromatic nitrogens is 2. The minimum atomic E-state index is -0.928. The zero-order valence-corrected chi connectivity index (χ0v) is 18.8. The lowest BCUT2D eigenvalue weighted by atomic mass is 9.92. The molecule has 0 saturated carbocycles. The first-order valence-corrected chi connectivity index (χ1v) is 11.5. The molecule has 0 spiro atoms. The fourth-order valence-corrected chi connectivity index (χ4v) is 4.72. The van der Waals surface area contributed by atoms with E-state index in [9.17, 15) is 14.4 Å². The number of amides is 2. The van der Waals surface area contributed by atoms with Gasteiger partial charge in [0.15, 0.2) is 5.16 Å². The van der Waals surface area contributed by atoms with E-state index in [0.717, 1.165) is 17.5 Å². The Hall–Kier alpha value is -3.10. The number of aromatic amines is 1. The molecule has 1 aliphatic rings. The summed E-state index contributed by atoms with van der Waals surface area (Å²) in [5.74, 6) is -1.09. The summed E-state index contributed by atoms with van der Waals surface area (Å²) in [6.45, 7) is 1.99. The van der Waals surface area contributed by atoms with Crippen molar-refractivity contribution in [2.45, 2.75) is 36.6 Å². The van der Waals surface area contributed by atoms with E-state index >= 15 is 0 Å². The third-order valence-electron chi connectivity index (χ3n) is 5.22. The van der Waals surface area contributed by atoms with E-state index in [1.807, 2.05) is 43.3 Å². The number of carbonyl (C=O) groups excluding carboxylic acids is 2. The number of nitrogens with one attached hydrogen (secondary N) is 3. The van der Waals surface area contributed by atoms with Gasteiger partial charge in [-0.05, 0) is 29.7 Å². The summed E-state index contributed by atoms with van der Waals surface area (Å²) < 4.78 is 0. The number of nitrogens with zero attached hydrogens (tertiary/aromatic N) is 1. The van der Waals surface area contributed by atoms with Crippen molar-refractivity contribution in [2.24, 2.45) is 0 Å². The molecular formula is C23H21ClN4O3S. The Morgan fingerprint density at radius 2 is 1.88 bits per heavy atom. The van der Waals surface area contributed by atoms with E-state index < -0.39 is 17.4 Å². The van der Waals surface area contributed by atoms with Gasteiger partial charge in [0.2, 0.25) is 11.8 Å². The SMILES string of the molecule is CCc1ccccc1NC(=O)[C@@H]1CC(=O)Nc2nc(SCc3ccccc3Cl)[nH]c(=O)c21. The van der Waals surface area contributed by atoms with Crippen molar-refractivity contribution in [1.29, 1.82) is 0 Å². The third-order valence-corrected chi connectivity index (χ3v) is 6.52. The Morgan fingerprint density at radius 3 is 2.62 bits per heavy atom. The van der Waals surface area contributed by atoms with E-state index in [4.69, 9.17) is 11.6 Å². The molecule has 2 amide bonds. The molecule has 1 atom stereocenters. The molecule has 9 heteroatoms. The lowest BCUT2D eigenvalue weighted by molar-refractivity contribution is -0.123. The highest BCUT2D eigenvalue weighted by Gasteiger charge is 2.35.